The van der Waals surface area contributed by atoms with Gasteiger partial charge in [-0.2, -0.15) is 13.2 Å². The Morgan fingerprint density at radius 3 is 2.31 bits per heavy atom. The molecule has 0 amide bonds. The summed E-state index contributed by atoms with van der Waals surface area (Å²) >= 11 is 0. The number of alkyl halides is 3. The lowest BCUT2D eigenvalue weighted by Gasteiger charge is -2.09. The molecule has 0 heterocycles. The van der Waals surface area contributed by atoms with Crippen LogP contribution in [0.3, 0.4) is 0 Å². The first-order valence-electron chi connectivity index (χ1n) is 3.96. The molecule has 0 spiro atoms. The molecule has 16 heavy (non-hydrogen) atoms. The summed E-state index contributed by atoms with van der Waals surface area (Å²) < 4.78 is 61.8. The Kier molecular flexibility index (Phi) is 4.94. The summed E-state index contributed by atoms with van der Waals surface area (Å²) in [6.07, 6.45) is 0. The van der Waals surface area contributed by atoms with E-state index in [1.54, 1.807) is 0 Å². The summed E-state index contributed by atoms with van der Waals surface area (Å²) in [7, 11) is -5.38. The van der Waals surface area contributed by atoms with Crippen LogP contribution in [-0.2, 0) is 19.6 Å². The maximum Gasteiger partial charge on any atom is 0.511 e. The van der Waals surface area contributed by atoms with Crippen molar-refractivity contribution in [2.45, 2.75) is 12.4 Å². The number of hydrogen-bond donors (Lipinski definition) is 1. The fourth-order valence-electron chi connectivity index (χ4n) is 0.525. The predicted octanol–water partition coefficient (Wildman–Crippen LogP) is 0.545. The van der Waals surface area contributed by atoms with Crippen molar-refractivity contribution in [1.82, 2.24) is 4.72 Å². The van der Waals surface area contributed by atoms with E-state index >= 15 is 0 Å². The first kappa shape index (κ1) is 14.9. The number of carbonyl (C=O) groups excluding carboxylic acids is 1. The van der Waals surface area contributed by atoms with Crippen LogP contribution in [0.5, 0.6) is 0 Å². The molecule has 0 atom stereocenters. The standard InChI is InChI=1S/C7H10F3NO4S/c1-5(2)6(12)15-4-3-11-16(13,14)7(8,9)10/h11H,1,3-4H2,2H3. The molecule has 0 saturated carbocycles. The first-order chi connectivity index (χ1) is 7.08. The van der Waals surface area contributed by atoms with Crippen LogP contribution < -0.4 is 4.72 Å². The molecule has 0 saturated heterocycles. The smallest absolute Gasteiger partial charge is 0.461 e. The van der Waals surface area contributed by atoms with Crippen molar-refractivity contribution in [3.8, 4) is 0 Å². The van der Waals surface area contributed by atoms with E-state index in [1.165, 1.54) is 11.6 Å². The Morgan fingerprint density at radius 2 is 1.94 bits per heavy atom. The van der Waals surface area contributed by atoms with Crippen molar-refractivity contribution < 1.29 is 31.1 Å². The van der Waals surface area contributed by atoms with Gasteiger partial charge >= 0.3 is 21.5 Å². The molecule has 0 rings (SSSR count). The van der Waals surface area contributed by atoms with Crippen molar-refractivity contribution >= 4 is 16.0 Å². The van der Waals surface area contributed by atoms with Gasteiger partial charge in [0.15, 0.2) is 0 Å². The Labute approximate surface area is 90.3 Å². The van der Waals surface area contributed by atoms with Crippen LogP contribution in [0.4, 0.5) is 13.2 Å². The van der Waals surface area contributed by atoms with Crippen molar-refractivity contribution in [2.24, 2.45) is 0 Å². The molecule has 0 fully saturated rings. The second kappa shape index (κ2) is 5.30. The van der Waals surface area contributed by atoms with Gasteiger partial charge in [0.05, 0.1) is 0 Å². The molecule has 0 aliphatic carbocycles. The third-order valence-electron chi connectivity index (χ3n) is 1.28. The molecule has 94 valence electrons. The number of halogens is 3. The number of rotatable bonds is 5. The van der Waals surface area contributed by atoms with Gasteiger partial charge in [-0.3, -0.25) is 0 Å². The average Bonchev–Trinajstić information content (AvgIpc) is 2.09. The minimum atomic E-state index is -5.38. The van der Waals surface area contributed by atoms with Gasteiger partial charge in [-0.1, -0.05) is 6.58 Å². The SMILES string of the molecule is C=C(C)C(=O)OCCNS(=O)(=O)C(F)(F)F. The van der Waals surface area contributed by atoms with Crippen LogP contribution in [0.2, 0.25) is 0 Å². The molecule has 0 bridgehead atoms. The summed E-state index contributed by atoms with van der Waals surface area (Å²) in [6, 6.07) is 0. The van der Waals surface area contributed by atoms with Gasteiger partial charge in [0, 0.05) is 12.1 Å². The highest BCUT2D eigenvalue weighted by molar-refractivity contribution is 7.90. The highest BCUT2D eigenvalue weighted by Crippen LogP contribution is 2.21. The van der Waals surface area contributed by atoms with Crippen LogP contribution in [0.25, 0.3) is 0 Å². The van der Waals surface area contributed by atoms with Gasteiger partial charge in [-0.05, 0) is 6.92 Å². The van der Waals surface area contributed by atoms with Gasteiger partial charge in [-0.25, -0.2) is 17.9 Å². The second-order valence-electron chi connectivity index (χ2n) is 2.76. The maximum absolute atomic E-state index is 11.8. The molecule has 5 nitrogen and oxygen atoms in total. The lowest BCUT2D eigenvalue weighted by atomic mass is 10.4. The number of sulfonamides is 1. The van der Waals surface area contributed by atoms with E-state index in [0.29, 0.717) is 0 Å². The van der Waals surface area contributed by atoms with Crippen molar-refractivity contribution in [3.05, 3.63) is 12.2 Å². The zero-order valence-electron chi connectivity index (χ0n) is 8.30. The third-order valence-corrected chi connectivity index (χ3v) is 2.47. The largest absolute Gasteiger partial charge is 0.511 e. The quantitative estimate of drug-likeness (QED) is 0.445. The van der Waals surface area contributed by atoms with Crippen molar-refractivity contribution in [3.63, 3.8) is 0 Å². The monoisotopic (exact) mass is 261 g/mol. The van der Waals surface area contributed by atoms with Gasteiger partial charge in [0.1, 0.15) is 6.61 Å². The third kappa shape index (κ3) is 4.62. The van der Waals surface area contributed by atoms with E-state index in [4.69, 9.17) is 0 Å². The van der Waals surface area contributed by atoms with E-state index in [2.05, 4.69) is 11.3 Å². The van der Waals surface area contributed by atoms with Crippen LogP contribution in [0, 0.1) is 0 Å². The molecule has 0 aromatic heterocycles. The Hall–Kier alpha value is -1.09. The van der Waals surface area contributed by atoms with E-state index < -0.39 is 34.7 Å². The van der Waals surface area contributed by atoms with E-state index in [9.17, 15) is 26.4 Å². The number of hydrogen-bond acceptors (Lipinski definition) is 4. The molecule has 0 aromatic carbocycles. The molecule has 0 radical (unpaired) electrons. The summed E-state index contributed by atoms with van der Waals surface area (Å²) in [5.41, 5.74) is -5.30. The lowest BCUT2D eigenvalue weighted by molar-refractivity contribution is -0.138. The normalized spacial score (nSPS) is 12.2. The summed E-state index contributed by atoms with van der Waals surface area (Å²) in [4.78, 5) is 10.7. The zero-order valence-corrected chi connectivity index (χ0v) is 9.11. The number of ether oxygens (including phenoxy) is 1. The first-order valence-corrected chi connectivity index (χ1v) is 5.45. The molecule has 0 aromatic rings. The number of esters is 1. The van der Waals surface area contributed by atoms with Crippen LogP contribution in [-0.4, -0.2) is 33.0 Å². The lowest BCUT2D eigenvalue weighted by Crippen LogP contribution is -2.38. The summed E-state index contributed by atoms with van der Waals surface area (Å²) in [6.45, 7) is 3.43. The number of carbonyl (C=O) groups is 1. The van der Waals surface area contributed by atoms with Gasteiger partial charge in [0.2, 0.25) is 0 Å². The Morgan fingerprint density at radius 1 is 1.44 bits per heavy atom. The summed E-state index contributed by atoms with van der Waals surface area (Å²) in [5.74, 6) is -0.800. The fraction of sp³-hybridized carbons (Fsp3) is 0.571. The molecule has 0 aliphatic heterocycles. The van der Waals surface area contributed by atoms with Crippen LogP contribution >= 0.6 is 0 Å². The van der Waals surface area contributed by atoms with Crippen LogP contribution in [0.15, 0.2) is 12.2 Å². The van der Waals surface area contributed by atoms with Crippen LogP contribution in [0.1, 0.15) is 6.92 Å². The van der Waals surface area contributed by atoms with Gasteiger partial charge in [0.25, 0.3) is 0 Å². The summed E-state index contributed by atoms with van der Waals surface area (Å²) in [5, 5.41) is 0. The molecular weight excluding hydrogens is 251 g/mol. The number of nitrogens with one attached hydrogen (secondary N) is 1. The van der Waals surface area contributed by atoms with E-state index in [-0.39, 0.29) is 5.57 Å². The highest BCUT2D eigenvalue weighted by Gasteiger charge is 2.45. The average molecular weight is 261 g/mol. The molecule has 1 N–H and O–H groups in total. The van der Waals surface area contributed by atoms with Gasteiger partial charge in [-0.15, -0.1) is 0 Å². The second-order valence-corrected chi connectivity index (χ2v) is 4.52. The van der Waals surface area contributed by atoms with Crippen molar-refractivity contribution in [1.29, 1.82) is 0 Å². The molecule has 9 heteroatoms. The topological polar surface area (TPSA) is 72.5 Å². The molecular formula is C7H10F3NO4S. The highest BCUT2D eigenvalue weighted by atomic mass is 32.2. The minimum absolute atomic E-state index is 0.0682. The van der Waals surface area contributed by atoms with E-state index in [1.807, 2.05) is 0 Å². The van der Waals surface area contributed by atoms with Gasteiger partial charge < -0.3 is 4.74 Å². The fourth-order valence-corrected chi connectivity index (χ4v) is 1.04. The maximum atomic E-state index is 11.8. The zero-order chi connectivity index (χ0) is 13.0. The molecule has 0 aliphatic rings. The Balaban J connectivity index is 4.02. The van der Waals surface area contributed by atoms with Crippen molar-refractivity contribution in [2.75, 3.05) is 13.2 Å². The van der Waals surface area contributed by atoms with E-state index in [0.717, 1.165) is 0 Å². The Bertz CT molecular complexity index is 374. The molecule has 0 unspecified atom stereocenters. The minimum Gasteiger partial charge on any atom is -0.461 e. The predicted molar refractivity (Wildman–Crippen MR) is 48.8 cm³/mol.